The maximum Gasteiger partial charge on any atom is 0.334 e. The number of imide groups is 2. The van der Waals surface area contributed by atoms with Crippen LogP contribution >= 0.6 is 0 Å². The number of urea groups is 1. The van der Waals surface area contributed by atoms with Crippen LogP contribution in [0.1, 0.15) is 25.3 Å². The molecule has 124 valence electrons. The Morgan fingerprint density at radius 1 is 1.12 bits per heavy atom. The highest BCUT2D eigenvalue weighted by atomic mass is 16.5. The number of hydrogen-bond acceptors (Lipinski definition) is 6. The number of nitrogens with zero attached hydrogens (tertiary/aromatic N) is 4. The van der Waals surface area contributed by atoms with E-state index in [9.17, 15) is 14.4 Å². The minimum atomic E-state index is -0.885. The van der Waals surface area contributed by atoms with E-state index in [1.807, 2.05) is 31.2 Å². The van der Waals surface area contributed by atoms with E-state index < -0.39 is 23.9 Å². The van der Waals surface area contributed by atoms with E-state index in [1.54, 1.807) is 13.8 Å². The molecular formula is C16H16N4O4. The molecule has 24 heavy (non-hydrogen) atoms. The van der Waals surface area contributed by atoms with E-state index in [1.165, 1.54) is 0 Å². The van der Waals surface area contributed by atoms with Crippen molar-refractivity contribution in [3.05, 3.63) is 35.7 Å². The number of benzene rings is 1. The zero-order valence-corrected chi connectivity index (χ0v) is 13.5. The smallest absolute Gasteiger partial charge is 0.334 e. The van der Waals surface area contributed by atoms with Crippen LogP contribution in [-0.4, -0.2) is 43.8 Å². The fourth-order valence-electron chi connectivity index (χ4n) is 2.50. The van der Waals surface area contributed by atoms with Crippen LogP contribution in [0.4, 0.5) is 4.79 Å². The fourth-order valence-corrected chi connectivity index (χ4v) is 2.50. The van der Waals surface area contributed by atoms with Gasteiger partial charge >= 0.3 is 17.8 Å². The molecule has 0 bridgehead atoms. The summed E-state index contributed by atoms with van der Waals surface area (Å²) in [7, 11) is 0. The highest BCUT2D eigenvalue weighted by Gasteiger charge is 2.46. The zero-order valence-electron chi connectivity index (χ0n) is 13.5. The van der Waals surface area contributed by atoms with Crippen molar-refractivity contribution in [3.8, 4) is 11.4 Å². The Hall–Kier alpha value is -3.03. The van der Waals surface area contributed by atoms with Gasteiger partial charge in [0.15, 0.2) is 0 Å². The Labute approximate surface area is 138 Å². The monoisotopic (exact) mass is 328 g/mol. The standard InChI is InChI=1S/C16H16N4O4/c1-9(2)20-15(22)14(21)19(16(20)23)8-12-17-13(18-24-12)11-7-5-4-6-10(11)3/h4-7,9H,8H2,1-3H3. The number of carbonyl (C=O) groups is 3. The first-order valence-electron chi connectivity index (χ1n) is 7.47. The first kappa shape index (κ1) is 15.9. The summed E-state index contributed by atoms with van der Waals surface area (Å²) in [6.07, 6.45) is 0. The molecule has 1 aromatic heterocycles. The van der Waals surface area contributed by atoms with Gasteiger partial charge in [0, 0.05) is 11.6 Å². The van der Waals surface area contributed by atoms with Gasteiger partial charge in [-0.05, 0) is 26.3 Å². The molecule has 3 rings (SSSR count). The molecule has 0 N–H and O–H groups in total. The first-order valence-corrected chi connectivity index (χ1v) is 7.47. The lowest BCUT2D eigenvalue weighted by molar-refractivity contribution is -0.144. The summed E-state index contributed by atoms with van der Waals surface area (Å²) in [6, 6.07) is 6.44. The zero-order chi connectivity index (χ0) is 17.4. The van der Waals surface area contributed by atoms with Crippen LogP contribution in [0.2, 0.25) is 0 Å². The second kappa shape index (κ2) is 5.88. The van der Waals surface area contributed by atoms with E-state index in [0.717, 1.165) is 20.9 Å². The first-order chi connectivity index (χ1) is 11.4. The van der Waals surface area contributed by atoms with Crippen molar-refractivity contribution in [2.24, 2.45) is 0 Å². The van der Waals surface area contributed by atoms with Crippen molar-refractivity contribution in [1.82, 2.24) is 19.9 Å². The van der Waals surface area contributed by atoms with E-state index in [4.69, 9.17) is 4.52 Å². The molecule has 0 spiro atoms. The van der Waals surface area contributed by atoms with Crippen LogP contribution in [0.25, 0.3) is 11.4 Å². The number of hydrogen-bond donors (Lipinski definition) is 0. The van der Waals surface area contributed by atoms with Gasteiger partial charge in [0.1, 0.15) is 6.54 Å². The minimum Gasteiger partial charge on any atom is -0.337 e. The molecule has 8 heteroatoms. The summed E-state index contributed by atoms with van der Waals surface area (Å²) < 4.78 is 5.13. The Balaban J connectivity index is 1.83. The van der Waals surface area contributed by atoms with Crippen molar-refractivity contribution in [2.45, 2.75) is 33.4 Å². The van der Waals surface area contributed by atoms with Gasteiger partial charge in [-0.15, -0.1) is 0 Å². The van der Waals surface area contributed by atoms with Gasteiger partial charge in [0.05, 0.1) is 0 Å². The van der Waals surface area contributed by atoms with E-state index >= 15 is 0 Å². The predicted molar refractivity (Wildman–Crippen MR) is 82.4 cm³/mol. The van der Waals surface area contributed by atoms with Crippen LogP contribution in [0, 0.1) is 6.92 Å². The SMILES string of the molecule is Cc1ccccc1-c1noc(CN2C(=O)C(=O)N(C(C)C)C2=O)n1. The van der Waals surface area contributed by atoms with E-state index in [-0.39, 0.29) is 12.4 Å². The lowest BCUT2D eigenvalue weighted by atomic mass is 10.1. The minimum absolute atomic E-state index is 0.0911. The molecule has 1 aliphatic rings. The van der Waals surface area contributed by atoms with Crippen LogP contribution in [0.15, 0.2) is 28.8 Å². The summed E-state index contributed by atoms with van der Waals surface area (Å²) in [5.41, 5.74) is 1.77. The topological polar surface area (TPSA) is 96.6 Å². The third-order valence-electron chi connectivity index (χ3n) is 3.75. The molecule has 1 fully saturated rings. The van der Waals surface area contributed by atoms with Crippen molar-refractivity contribution in [2.75, 3.05) is 0 Å². The van der Waals surface area contributed by atoms with Gasteiger partial charge in [0.2, 0.25) is 11.7 Å². The van der Waals surface area contributed by atoms with Gasteiger partial charge in [-0.2, -0.15) is 4.98 Å². The molecule has 1 aromatic carbocycles. The Kier molecular flexibility index (Phi) is 3.88. The molecule has 1 aliphatic heterocycles. The number of aryl methyl sites for hydroxylation is 1. The van der Waals surface area contributed by atoms with Crippen LogP contribution in [0.3, 0.4) is 0 Å². The summed E-state index contributed by atoms with van der Waals surface area (Å²) in [4.78, 5) is 42.0. The Morgan fingerprint density at radius 3 is 2.46 bits per heavy atom. The average molecular weight is 328 g/mol. The van der Waals surface area contributed by atoms with Crippen molar-refractivity contribution >= 4 is 17.8 Å². The second-order valence-corrected chi connectivity index (χ2v) is 5.77. The molecule has 2 aromatic rings. The number of rotatable bonds is 4. The molecule has 0 unspecified atom stereocenters. The maximum absolute atomic E-state index is 12.2. The van der Waals surface area contributed by atoms with Gasteiger partial charge in [-0.1, -0.05) is 29.4 Å². The molecule has 0 aliphatic carbocycles. The van der Waals surface area contributed by atoms with Gasteiger partial charge < -0.3 is 4.52 Å². The average Bonchev–Trinajstić information content (AvgIpc) is 3.07. The summed E-state index contributed by atoms with van der Waals surface area (Å²) in [5, 5.41) is 3.88. The van der Waals surface area contributed by atoms with Gasteiger partial charge in [-0.25, -0.2) is 9.69 Å². The molecule has 2 heterocycles. The van der Waals surface area contributed by atoms with Crippen LogP contribution < -0.4 is 0 Å². The normalized spacial score (nSPS) is 15.1. The Morgan fingerprint density at radius 2 is 1.83 bits per heavy atom. The van der Waals surface area contributed by atoms with Crippen molar-refractivity contribution in [3.63, 3.8) is 0 Å². The highest BCUT2D eigenvalue weighted by molar-refractivity contribution is 6.44. The predicted octanol–water partition coefficient (Wildman–Crippen LogP) is 1.74. The lowest BCUT2D eigenvalue weighted by Gasteiger charge is -2.17. The van der Waals surface area contributed by atoms with E-state index in [0.29, 0.717) is 5.82 Å². The molecule has 8 nitrogen and oxygen atoms in total. The van der Waals surface area contributed by atoms with Crippen LogP contribution in [-0.2, 0) is 16.1 Å². The third kappa shape index (κ3) is 2.55. The highest BCUT2D eigenvalue weighted by Crippen LogP contribution is 2.22. The van der Waals surface area contributed by atoms with Crippen LogP contribution in [0.5, 0.6) is 0 Å². The van der Waals surface area contributed by atoms with E-state index in [2.05, 4.69) is 10.1 Å². The summed E-state index contributed by atoms with van der Waals surface area (Å²) in [5.74, 6) is -1.26. The van der Waals surface area contributed by atoms with Crippen molar-refractivity contribution in [1.29, 1.82) is 0 Å². The van der Waals surface area contributed by atoms with Gasteiger partial charge in [-0.3, -0.25) is 14.5 Å². The molecule has 4 amide bonds. The molecule has 1 saturated heterocycles. The quantitative estimate of drug-likeness (QED) is 0.626. The lowest BCUT2D eigenvalue weighted by Crippen LogP contribution is -2.37. The number of aromatic nitrogens is 2. The number of amides is 4. The molecule has 0 radical (unpaired) electrons. The fraction of sp³-hybridized carbons (Fsp3) is 0.312. The van der Waals surface area contributed by atoms with Gasteiger partial charge in [0.25, 0.3) is 0 Å². The largest absolute Gasteiger partial charge is 0.337 e. The molecule has 0 atom stereocenters. The summed E-state index contributed by atoms with van der Waals surface area (Å²) in [6.45, 7) is 5.01. The number of carbonyl (C=O) groups excluding carboxylic acids is 3. The third-order valence-corrected chi connectivity index (χ3v) is 3.75. The maximum atomic E-state index is 12.2. The second-order valence-electron chi connectivity index (χ2n) is 5.77. The summed E-state index contributed by atoms with van der Waals surface area (Å²) >= 11 is 0. The Bertz CT molecular complexity index is 827. The van der Waals surface area contributed by atoms with Crippen molar-refractivity contribution < 1.29 is 18.9 Å². The molecule has 0 saturated carbocycles. The molecular weight excluding hydrogens is 312 g/mol.